The molecule has 2 nitrogen and oxygen atoms in total. The molecule has 0 aliphatic heterocycles. The summed E-state index contributed by atoms with van der Waals surface area (Å²) in [6.45, 7) is 3.76. The summed E-state index contributed by atoms with van der Waals surface area (Å²) >= 11 is 6.79. The fraction of sp³-hybridized carbons (Fsp3) is 0.364. The molecule has 0 saturated carbocycles. The van der Waals surface area contributed by atoms with Gasteiger partial charge in [0.15, 0.2) is 0 Å². The van der Waals surface area contributed by atoms with Gasteiger partial charge >= 0.3 is 5.97 Å². The lowest BCUT2D eigenvalue weighted by Crippen LogP contribution is -2.08. The van der Waals surface area contributed by atoms with Gasteiger partial charge in [-0.2, -0.15) is 0 Å². The molecule has 0 aliphatic carbocycles. The Bertz CT molecular complexity index is 400. The summed E-state index contributed by atoms with van der Waals surface area (Å²) in [5, 5.41) is 9.93. The number of carbonyl (C=O) groups is 1. The molecule has 0 atom stereocenters. The van der Waals surface area contributed by atoms with E-state index in [2.05, 4.69) is 31.9 Å². The second kappa shape index (κ2) is 5.12. The zero-order chi connectivity index (χ0) is 11.6. The summed E-state index contributed by atoms with van der Waals surface area (Å²) in [4.78, 5) is 11.2. The Morgan fingerprint density at radius 3 is 2.53 bits per heavy atom. The largest absolute Gasteiger partial charge is 0.478 e. The third-order valence-electron chi connectivity index (χ3n) is 2.41. The van der Waals surface area contributed by atoms with Gasteiger partial charge in [0.25, 0.3) is 0 Å². The van der Waals surface area contributed by atoms with E-state index >= 15 is 0 Å². The predicted molar refractivity (Wildman–Crippen MR) is 68.1 cm³/mol. The van der Waals surface area contributed by atoms with E-state index in [9.17, 15) is 4.79 Å². The Labute approximate surface area is 106 Å². The maximum absolute atomic E-state index is 11.2. The van der Waals surface area contributed by atoms with Crippen molar-refractivity contribution >= 4 is 37.8 Å². The van der Waals surface area contributed by atoms with E-state index in [1.54, 1.807) is 0 Å². The van der Waals surface area contributed by atoms with Gasteiger partial charge in [0.05, 0.1) is 5.56 Å². The van der Waals surface area contributed by atoms with E-state index in [1.807, 2.05) is 19.9 Å². The zero-order valence-corrected chi connectivity index (χ0v) is 11.8. The van der Waals surface area contributed by atoms with Crippen molar-refractivity contribution in [2.45, 2.75) is 20.3 Å². The minimum atomic E-state index is -0.848. The normalized spacial score (nSPS) is 10.4. The molecule has 0 unspecified atom stereocenters. The molecule has 1 aromatic carbocycles. The average molecular weight is 336 g/mol. The smallest absolute Gasteiger partial charge is 0.336 e. The first kappa shape index (κ1) is 12.7. The van der Waals surface area contributed by atoms with Crippen molar-refractivity contribution in [3.8, 4) is 0 Å². The summed E-state index contributed by atoms with van der Waals surface area (Å²) in [5.41, 5.74) is 3.16. The number of aryl methyl sites for hydroxylation is 1. The van der Waals surface area contributed by atoms with Crippen LogP contribution in [0.15, 0.2) is 10.5 Å². The number of hydrogen-bond donors (Lipinski definition) is 1. The quantitative estimate of drug-likeness (QED) is 0.855. The van der Waals surface area contributed by atoms with Crippen molar-refractivity contribution in [2.24, 2.45) is 0 Å². The summed E-state index contributed by atoms with van der Waals surface area (Å²) < 4.78 is 0.973. The van der Waals surface area contributed by atoms with Crippen LogP contribution in [0.25, 0.3) is 0 Å². The molecular formula is C11H12Br2O2. The Morgan fingerprint density at radius 1 is 1.47 bits per heavy atom. The lowest BCUT2D eigenvalue weighted by atomic mass is 9.95. The van der Waals surface area contributed by atoms with Crippen LogP contribution in [0.2, 0.25) is 0 Å². The number of alkyl halides is 1. The molecular weight excluding hydrogens is 324 g/mol. The number of rotatable bonds is 3. The van der Waals surface area contributed by atoms with E-state index in [4.69, 9.17) is 5.11 Å². The summed E-state index contributed by atoms with van der Waals surface area (Å²) in [6.07, 6.45) is 0.730. The summed E-state index contributed by atoms with van der Waals surface area (Å²) in [6, 6.07) is 1.86. The lowest BCUT2D eigenvalue weighted by molar-refractivity contribution is 0.0695. The first-order valence-corrected chi connectivity index (χ1v) is 6.48. The van der Waals surface area contributed by atoms with Crippen LogP contribution in [0.5, 0.6) is 0 Å². The lowest BCUT2D eigenvalue weighted by Gasteiger charge is -2.13. The Balaban J connectivity index is 3.46. The summed E-state index contributed by atoms with van der Waals surface area (Å²) in [7, 11) is 0. The van der Waals surface area contributed by atoms with Gasteiger partial charge in [-0.25, -0.2) is 4.79 Å². The molecule has 0 aliphatic rings. The fourth-order valence-corrected chi connectivity index (χ4v) is 2.62. The van der Waals surface area contributed by atoms with Crippen molar-refractivity contribution in [1.29, 1.82) is 0 Å². The van der Waals surface area contributed by atoms with E-state index in [0.29, 0.717) is 5.56 Å². The van der Waals surface area contributed by atoms with Crippen LogP contribution >= 0.6 is 31.9 Å². The first-order chi connectivity index (χ1) is 6.99. The number of halogens is 2. The molecule has 1 rings (SSSR count). The number of hydrogen-bond acceptors (Lipinski definition) is 1. The van der Waals surface area contributed by atoms with Crippen molar-refractivity contribution in [1.82, 2.24) is 0 Å². The Morgan fingerprint density at radius 2 is 2.07 bits per heavy atom. The molecule has 0 radical (unpaired) electrons. The second-order valence-corrected chi connectivity index (χ2v) is 5.05. The third-order valence-corrected chi connectivity index (χ3v) is 3.63. The Hall–Kier alpha value is -0.350. The number of carboxylic acid groups (broad SMARTS) is 1. The van der Waals surface area contributed by atoms with E-state index in [1.165, 1.54) is 0 Å². The van der Waals surface area contributed by atoms with Crippen molar-refractivity contribution < 1.29 is 9.90 Å². The van der Waals surface area contributed by atoms with Gasteiger partial charge < -0.3 is 5.11 Å². The first-order valence-electron chi connectivity index (χ1n) is 4.56. The van der Waals surface area contributed by atoms with Crippen LogP contribution in [-0.4, -0.2) is 16.4 Å². The highest BCUT2D eigenvalue weighted by Crippen LogP contribution is 2.27. The van der Waals surface area contributed by atoms with Gasteiger partial charge in [0, 0.05) is 9.80 Å². The molecule has 0 amide bonds. The monoisotopic (exact) mass is 334 g/mol. The zero-order valence-electron chi connectivity index (χ0n) is 8.60. The molecule has 4 heteroatoms. The van der Waals surface area contributed by atoms with Crippen LogP contribution in [0.1, 0.15) is 27.0 Å². The van der Waals surface area contributed by atoms with Crippen molar-refractivity contribution in [3.63, 3.8) is 0 Å². The van der Waals surface area contributed by atoms with Crippen LogP contribution in [0.3, 0.4) is 0 Å². The highest BCUT2D eigenvalue weighted by atomic mass is 79.9. The van der Waals surface area contributed by atoms with Gasteiger partial charge in [0.1, 0.15) is 0 Å². The molecule has 0 saturated heterocycles. The third kappa shape index (κ3) is 2.61. The maximum atomic E-state index is 11.2. The Kier molecular flexibility index (Phi) is 4.34. The van der Waals surface area contributed by atoms with E-state index < -0.39 is 5.97 Å². The van der Waals surface area contributed by atoms with Crippen LogP contribution in [0, 0.1) is 13.8 Å². The number of carboxylic acids is 1. The molecule has 0 fully saturated rings. The van der Waals surface area contributed by atoms with Crippen molar-refractivity contribution in [2.75, 3.05) is 5.33 Å². The standard InChI is InChI=1S/C11H12Br2O2/c1-6-5-9(13)7(2)8(3-4-12)10(6)11(14)15/h5H,3-4H2,1-2H3,(H,14,15). The van der Waals surface area contributed by atoms with Crippen LogP contribution < -0.4 is 0 Å². The predicted octanol–water partition coefficient (Wildman–Crippen LogP) is 3.70. The maximum Gasteiger partial charge on any atom is 0.336 e. The molecule has 82 valence electrons. The van der Waals surface area contributed by atoms with E-state index in [0.717, 1.165) is 32.9 Å². The van der Waals surface area contributed by atoms with Gasteiger partial charge in [-0.1, -0.05) is 31.9 Å². The van der Waals surface area contributed by atoms with Gasteiger partial charge in [-0.05, 0) is 43.0 Å². The number of benzene rings is 1. The summed E-state index contributed by atoms with van der Waals surface area (Å²) in [5.74, 6) is -0.848. The van der Waals surface area contributed by atoms with Gasteiger partial charge in [-0.15, -0.1) is 0 Å². The fourth-order valence-electron chi connectivity index (χ4n) is 1.64. The molecule has 15 heavy (non-hydrogen) atoms. The molecule has 0 bridgehead atoms. The molecule has 0 aromatic heterocycles. The molecule has 1 N–H and O–H groups in total. The minimum Gasteiger partial charge on any atom is -0.478 e. The highest BCUT2D eigenvalue weighted by molar-refractivity contribution is 9.10. The van der Waals surface area contributed by atoms with Crippen LogP contribution in [0.4, 0.5) is 0 Å². The minimum absolute atomic E-state index is 0.440. The number of aromatic carboxylic acids is 1. The second-order valence-electron chi connectivity index (χ2n) is 3.40. The van der Waals surface area contributed by atoms with E-state index in [-0.39, 0.29) is 0 Å². The SMILES string of the molecule is Cc1cc(Br)c(C)c(CCBr)c1C(=O)O. The molecule has 0 spiro atoms. The highest BCUT2D eigenvalue weighted by Gasteiger charge is 2.16. The van der Waals surface area contributed by atoms with Crippen LogP contribution in [-0.2, 0) is 6.42 Å². The van der Waals surface area contributed by atoms with Gasteiger partial charge in [-0.3, -0.25) is 0 Å². The topological polar surface area (TPSA) is 37.3 Å². The average Bonchev–Trinajstić information content (AvgIpc) is 2.13. The molecule has 0 heterocycles. The van der Waals surface area contributed by atoms with Crippen molar-refractivity contribution in [3.05, 3.63) is 32.8 Å². The van der Waals surface area contributed by atoms with Gasteiger partial charge in [0.2, 0.25) is 0 Å². The molecule has 1 aromatic rings.